The zero-order chi connectivity index (χ0) is 17.2. The molecule has 2 aromatic rings. The molecule has 0 radical (unpaired) electrons. The zero-order valence-electron chi connectivity index (χ0n) is 13.0. The summed E-state index contributed by atoms with van der Waals surface area (Å²) in [5, 5.41) is 0. The number of nitrogens with zero attached hydrogens (tertiary/aromatic N) is 2. The first kappa shape index (κ1) is 16.2. The standard InChI is InChI=1S/C17H16N2O4S/c1-23-16(20)8-7-13-11-14-9-10-19(17(14)18-12-13)24(21,22)15-5-3-2-4-6-15/h2-8,11-12H,9-10H2,1H3/b8-7+. The molecule has 0 saturated heterocycles. The van der Waals surface area contributed by atoms with Crippen LogP contribution in [0.5, 0.6) is 0 Å². The number of pyridine rings is 1. The molecule has 3 rings (SSSR count). The number of hydrogen-bond acceptors (Lipinski definition) is 5. The lowest BCUT2D eigenvalue weighted by Gasteiger charge is -2.18. The highest BCUT2D eigenvalue weighted by Crippen LogP contribution is 2.31. The van der Waals surface area contributed by atoms with Gasteiger partial charge in [-0.1, -0.05) is 18.2 Å². The average Bonchev–Trinajstić information content (AvgIpc) is 3.04. The van der Waals surface area contributed by atoms with Crippen LogP contribution in [0.15, 0.2) is 53.6 Å². The third kappa shape index (κ3) is 3.03. The Balaban J connectivity index is 1.91. The lowest BCUT2D eigenvalue weighted by molar-refractivity contribution is -0.134. The molecule has 1 aromatic heterocycles. The summed E-state index contributed by atoms with van der Waals surface area (Å²) >= 11 is 0. The zero-order valence-corrected chi connectivity index (χ0v) is 13.9. The quantitative estimate of drug-likeness (QED) is 0.626. The van der Waals surface area contributed by atoms with Gasteiger partial charge in [-0.2, -0.15) is 0 Å². The molecule has 0 atom stereocenters. The topological polar surface area (TPSA) is 76.6 Å². The number of sulfonamides is 1. The first-order chi connectivity index (χ1) is 11.5. The van der Waals surface area contributed by atoms with E-state index < -0.39 is 16.0 Å². The van der Waals surface area contributed by atoms with Gasteiger partial charge < -0.3 is 4.74 Å². The van der Waals surface area contributed by atoms with E-state index >= 15 is 0 Å². The van der Waals surface area contributed by atoms with E-state index in [0.29, 0.717) is 18.8 Å². The second-order valence-corrected chi connectivity index (χ2v) is 7.11. The summed E-state index contributed by atoms with van der Waals surface area (Å²) in [5.74, 6) is -0.0159. The summed E-state index contributed by atoms with van der Waals surface area (Å²) < 4.78 is 31.4. The van der Waals surface area contributed by atoms with Crippen molar-refractivity contribution >= 4 is 27.9 Å². The first-order valence-corrected chi connectivity index (χ1v) is 8.79. The van der Waals surface area contributed by atoms with Crippen LogP contribution in [0.4, 0.5) is 5.82 Å². The van der Waals surface area contributed by atoms with Crippen LogP contribution in [-0.2, 0) is 26.0 Å². The molecular weight excluding hydrogens is 328 g/mol. The molecule has 0 unspecified atom stereocenters. The van der Waals surface area contributed by atoms with Crippen LogP contribution in [0.1, 0.15) is 11.1 Å². The molecule has 2 heterocycles. The van der Waals surface area contributed by atoms with E-state index in [1.165, 1.54) is 23.7 Å². The van der Waals surface area contributed by atoms with Crippen LogP contribution in [0.3, 0.4) is 0 Å². The van der Waals surface area contributed by atoms with Crippen molar-refractivity contribution in [2.45, 2.75) is 11.3 Å². The Hall–Kier alpha value is -2.67. The van der Waals surface area contributed by atoms with Crippen molar-refractivity contribution in [2.24, 2.45) is 0 Å². The molecule has 1 aliphatic rings. The van der Waals surface area contributed by atoms with Crippen molar-refractivity contribution in [1.82, 2.24) is 4.98 Å². The Morgan fingerprint density at radius 3 is 2.75 bits per heavy atom. The number of fused-ring (bicyclic) bond motifs is 1. The smallest absolute Gasteiger partial charge is 0.330 e. The number of carbonyl (C=O) groups excluding carboxylic acids is 1. The van der Waals surface area contributed by atoms with Crippen molar-refractivity contribution in [2.75, 3.05) is 18.0 Å². The maximum Gasteiger partial charge on any atom is 0.330 e. The van der Waals surface area contributed by atoms with Crippen LogP contribution in [0.25, 0.3) is 6.08 Å². The van der Waals surface area contributed by atoms with Crippen LogP contribution < -0.4 is 4.31 Å². The number of rotatable bonds is 4. The molecular formula is C17H16N2O4S. The van der Waals surface area contributed by atoms with Crippen molar-refractivity contribution in [3.05, 3.63) is 59.8 Å². The van der Waals surface area contributed by atoms with E-state index in [1.54, 1.807) is 36.4 Å². The van der Waals surface area contributed by atoms with Crippen molar-refractivity contribution in [3.63, 3.8) is 0 Å². The average molecular weight is 344 g/mol. The molecule has 0 N–H and O–H groups in total. The highest BCUT2D eigenvalue weighted by molar-refractivity contribution is 7.92. The lowest BCUT2D eigenvalue weighted by Crippen LogP contribution is -2.29. The SMILES string of the molecule is COC(=O)/C=C/c1cnc2c(c1)CCN2S(=O)(=O)c1ccccc1. The van der Waals surface area contributed by atoms with E-state index in [9.17, 15) is 13.2 Å². The highest BCUT2D eigenvalue weighted by atomic mass is 32.2. The Bertz CT molecular complexity index is 892. The summed E-state index contributed by atoms with van der Waals surface area (Å²) in [5.41, 5.74) is 1.56. The van der Waals surface area contributed by atoms with E-state index in [-0.39, 0.29) is 4.90 Å². The van der Waals surface area contributed by atoms with Crippen molar-refractivity contribution < 1.29 is 17.9 Å². The molecule has 0 saturated carbocycles. The van der Waals surface area contributed by atoms with Gasteiger partial charge in [-0.25, -0.2) is 22.5 Å². The van der Waals surface area contributed by atoms with Gasteiger partial charge in [0.1, 0.15) is 5.82 Å². The number of esters is 1. The van der Waals surface area contributed by atoms with Gasteiger partial charge in [0, 0.05) is 18.8 Å². The maximum absolute atomic E-state index is 12.7. The second-order valence-electron chi connectivity index (χ2n) is 5.25. The minimum atomic E-state index is -3.62. The molecule has 0 amide bonds. The van der Waals surface area contributed by atoms with Gasteiger partial charge in [0.15, 0.2) is 0 Å². The molecule has 7 heteroatoms. The Morgan fingerprint density at radius 1 is 1.29 bits per heavy atom. The van der Waals surface area contributed by atoms with Gasteiger partial charge in [-0.05, 0) is 41.8 Å². The molecule has 0 fully saturated rings. The Morgan fingerprint density at radius 2 is 2.04 bits per heavy atom. The van der Waals surface area contributed by atoms with Crippen molar-refractivity contribution in [1.29, 1.82) is 0 Å². The number of ether oxygens (including phenoxy) is 1. The number of carbonyl (C=O) groups is 1. The predicted octanol–water partition coefficient (Wildman–Crippen LogP) is 2.02. The molecule has 24 heavy (non-hydrogen) atoms. The first-order valence-electron chi connectivity index (χ1n) is 7.35. The summed E-state index contributed by atoms with van der Waals surface area (Å²) in [4.78, 5) is 15.7. The molecule has 6 nitrogen and oxygen atoms in total. The number of anilines is 1. The fourth-order valence-electron chi connectivity index (χ4n) is 2.54. The van der Waals surface area contributed by atoms with E-state index in [4.69, 9.17) is 0 Å². The van der Waals surface area contributed by atoms with Gasteiger partial charge in [0.05, 0.1) is 12.0 Å². The molecule has 0 spiro atoms. The summed E-state index contributed by atoms with van der Waals surface area (Å²) in [6.45, 7) is 0.351. The normalized spacial score (nSPS) is 14.0. The van der Waals surface area contributed by atoms with E-state index in [1.807, 2.05) is 6.07 Å². The maximum atomic E-state index is 12.7. The fraction of sp³-hybridized carbons (Fsp3) is 0.176. The van der Waals surface area contributed by atoms with Crippen LogP contribution in [0.2, 0.25) is 0 Å². The largest absolute Gasteiger partial charge is 0.466 e. The van der Waals surface area contributed by atoms with Gasteiger partial charge in [0.25, 0.3) is 10.0 Å². The predicted molar refractivity (Wildman–Crippen MR) is 90.0 cm³/mol. The number of hydrogen-bond donors (Lipinski definition) is 0. The molecule has 124 valence electrons. The van der Waals surface area contributed by atoms with Gasteiger partial charge in [-0.15, -0.1) is 0 Å². The lowest BCUT2D eigenvalue weighted by atomic mass is 10.1. The molecule has 1 aromatic carbocycles. The van der Waals surface area contributed by atoms with Crippen LogP contribution in [0, 0.1) is 0 Å². The van der Waals surface area contributed by atoms with E-state index in [2.05, 4.69) is 9.72 Å². The molecule has 0 bridgehead atoms. The van der Waals surface area contributed by atoms with Gasteiger partial charge in [-0.3, -0.25) is 0 Å². The fourth-order valence-corrected chi connectivity index (χ4v) is 4.01. The summed E-state index contributed by atoms with van der Waals surface area (Å²) in [6, 6.07) is 10.1. The molecule has 0 aliphatic carbocycles. The van der Waals surface area contributed by atoms with Crippen LogP contribution >= 0.6 is 0 Å². The Kier molecular flexibility index (Phi) is 4.35. The highest BCUT2D eigenvalue weighted by Gasteiger charge is 2.31. The molecule has 1 aliphatic heterocycles. The third-order valence-corrected chi connectivity index (χ3v) is 5.53. The third-order valence-electron chi connectivity index (χ3n) is 3.73. The van der Waals surface area contributed by atoms with E-state index in [0.717, 1.165) is 11.1 Å². The van der Waals surface area contributed by atoms with Crippen molar-refractivity contribution in [3.8, 4) is 0 Å². The van der Waals surface area contributed by atoms with Gasteiger partial charge >= 0.3 is 5.97 Å². The minimum absolute atomic E-state index is 0.245. The second kappa shape index (κ2) is 6.45. The number of benzene rings is 1. The summed E-state index contributed by atoms with van der Waals surface area (Å²) in [7, 11) is -2.31. The number of aromatic nitrogens is 1. The number of methoxy groups -OCH3 is 1. The minimum Gasteiger partial charge on any atom is -0.466 e. The summed E-state index contributed by atoms with van der Waals surface area (Å²) in [6.07, 6.45) is 5.01. The monoisotopic (exact) mass is 344 g/mol. The van der Waals surface area contributed by atoms with Gasteiger partial charge in [0.2, 0.25) is 0 Å². The Labute approximate surface area is 140 Å². The van der Waals surface area contributed by atoms with Crippen LogP contribution in [-0.4, -0.2) is 33.0 Å².